The zero-order chi connectivity index (χ0) is 18.4. The Balaban J connectivity index is 1.84. The fraction of sp³-hybridized carbons (Fsp3) is 0.105. The highest BCUT2D eigenvalue weighted by Gasteiger charge is 2.24. The second-order valence-electron chi connectivity index (χ2n) is 6.17. The summed E-state index contributed by atoms with van der Waals surface area (Å²) in [5, 5.41) is 22.5. The van der Waals surface area contributed by atoms with Crippen molar-refractivity contribution in [2.24, 2.45) is 0 Å². The van der Waals surface area contributed by atoms with Gasteiger partial charge in [0, 0.05) is 19.2 Å². The third-order valence-electron chi connectivity index (χ3n) is 4.64. The van der Waals surface area contributed by atoms with Crippen LogP contribution in [0.15, 0.2) is 48.5 Å². The van der Waals surface area contributed by atoms with Gasteiger partial charge < -0.3 is 10.0 Å². The minimum absolute atomic E-state index is 0.0879. The van der Waals surface area contributed by atoms with E-state index < -0.39 is 5.97 Å². The zero-order valence-electron chi connectivity index (χ0n) is 13.5. The van der Waals surface area contributed by atoms with Crippen molar-refractivity contribution in [2.75, 3.05) is 4.90 Å². The molecular formula is C19H13ClN2O4. The van der Waals surface area contributed by atoms with Crippen molar-refractivity contribution in [3.05, 3.63) is 80.4 Å². The number of carboxylic acids is 1. The van der Waals surface area contributed by atoms with Crippen LogP contribution in [0, 0.1) is 10.1 Å². The van der Waals surface area contributed by atoms with Crippen molar-refractivity contribution in [2.45, 2.75) is 13.1 Å². The van der Waals surface area contributed by atoms with Crippen molar-refractivity contribution in [3.8, 4) is 0 Å². The lowest BCUT2D eigenvalue weighted by Crippen LogP contribution is -2.26. The van der Waals surface area contributed by atoms with Crippen LogP contribution in [0.5, 0.6) is 0 Å². The molecule has 0 aliphatic carbocycles. The second-order valence-corrected chi connectivity index (χ2v) is 6.58. The highest BCUT2D eigenvalue weighted by atomic mass is 35.5. The molecule has 1 heterocycles. The fourth-order valence-electron chi connectivity index (χ4n) is 3.49. The number of nitro benzene ring substituents is 1. The van der Waals surface area contributed by atoms with Gasteiger partial charge in [-0.25, -0.2) is 4.79 Å². The van der Waals surface area contributed by atoms with Crippen molar-refractivity contribution in [1.29, 1.82) is 0 Å². The van der Waals surface area contributed by atoms with Crippen LogP contribution in [0.1, 0.15) is 21.5 Å². The van der Waals surface area contributed by atoms with Gasteiger partial charge in [-0.2, -0.15) is 0 Å². The summed E-state index contributed by atoms with van der Waals surface area (Å²) in [5.41, 5.74) is 2.78. The maximum absolute atomic E-state index is 11.3. The summed E-state index contributed by atoms with van der Waals surface area (Å²) in [6.45, 7) is 0.989. The first-order chi connectivity index (χ1) is 12.5. The Bertz CT molecular complexity index is 1070. The molecule has 1 aliphatic rings. The Hall–Kier alpha value is -3.12. The summed E-state index contributed by atoms with van der Waals surface area (Å²) in [6.07, 6.45) is 0. The molecule has 3 aromatic rings. The third-order valence-corrected chi connectivity index (χ3v) is 4.96. The number of rotatable bonds is 3. The number of nitro groups is 1. The molecule has 3 aromatic carbocycles. The van der Waals surface area contributed by atoms with E-state index in [1.165, 1.54) is 12.1 Å². The van der Waals surface area contributed by atoms with E-state index in [4.69, 9.17) is 11.6 Å². The first-order valence-corrected chi connectivity index (χ1v) is 8.29. The van der Waals surface area contributed by atoms with Gasteiger partial charge in [-0.3, -0.25) is 10.1 Å². The number of non-ortho nitro benzene ring substituents is 1. The first kappa shape index (κ1) is 16.4. The van der Waals surface area contributed by atoms with Gasteiger partial charge in [0.15, 0.2) is 0 Å². The molecule has 0 saturated heterocycles. The van der Waals surface area contributed by atoms with Crippen LogP contribution in [0.2, 0.25) is 5.02 Å². The standard InChI is InChI=1S/C19H13ClN2O4/c20-15-6-4-11(19(23)24)8-17(15)21-9-12-2-1-3-14-16(22(25)26)7-5-13(10-21)18(12)14/h1-8H,9-10H2,(H,23,24). The molecule has 0 saturated carbocycles. The summed E-state index contributed by atoms with van der Waals surface area (Å²) in [4.78, 5) is 24.2. The van der Waals surface area contributed by atoms with Gasteiger partial charge >= 0.3 is 5.97 Å². The van der Waals surface area contributed by atoms with Crippen molar-refractivity contribution < 1.29 is 14.8 Å². The predicted octanol–water partition coefficient (Wildman–Crippen LogP) is 4.62. The zero-order valence-corrected chi connectivity index (χ0v) is 14.2. The molecule has 6 nitrogen and oxygen atoms in total. The van der Waals surface area contributed by atoms with Crippen LogP contribution in [-0.2, 0) is 13.1 Å². The summed E-state index contributed by atoms with van der Waals surface area (Å²) >= 11 is 6.31. The monoisotopic (exact) mass is 368 g/mol. The van der Waals surface area contributed by atoms with E-state index in [1.807, 2.05) is 11.0 Å². The van der Waals surface area contributed by atoms with Gasteiger partial charge in [-0.15, -0.1) is 0 Å². The summed E-state index contributed by atoms with van der Waals surface area (Å²) < 4.78 is 0. The quantitative estimate of drug-likeness (QED) is 0.538. The average Bonchev–Trinajstić information content (AvgIpc) is 2.62. The number of aromatic carboxylic acids is 1. The van der Waals surface area contributed by atoms with Gasteiger partial charge in [-0.1, -0.05) is 23.7 Å². The van der Waals surface area contributed by atoms with E-state index >= 15 is 0 Å². The summed E-state index contributed by atoms with van der Waals surface area (Å²) in [5.74, 6) is -1.02. The predicted molar refractivity (Wildman–Crippen MR) is 98.9 cm³/mol. The number of benzene rings is 3. The van der Waals surface area contributed by atoms with E-state index in [0.29, 0.717) is 29.2 Å². The molecule has 130 valence electrons. The van der Waals surface area contributed by atoms with Gasteiger partial charge in [-0.05, 0) is 46.8 Å². The van der Waals surface area contributed by atoms with Crippen molar-refractivity contribution in [1.82, 2.24) is 0 Å². The van der Waals surface area contributed by atoms with E-state index in [-0.39, 0.29) is 16.2 Å². The van der Waals surface area contributed by atoms with Gasteiger partial charge in [0.2, 0.25) is 0 Å². The molecule has 0 fully saturated rings. The van der Waals surface area contributed by atoms with E-state index in [0.717, 1.165) is 16.5 Å². The van der Waals surface area contributed by atoms with E-state index in [1.54, 1.807) is 30.3 Å². The van der Waals surface area contributed by atoms with Crippen LogP contribution < -0.4 is 4.90 Å². The summed E-state index contributed by atoms with van der Waals surface area (Å²) in [7, 11) is 0. The Morgan fingerprint density at radius 2 is 1.85 bits per heavy atom. The van der Waals surface area contributed by atoms with Gasteiger partial charge in [0.05, 0.1) is 26.6 Å². The molecule has 0 atom stereocenters. The highest BCUT2D eigenvalue weighted by molar-refractivity contribution is 6.33. The maximum atomic E-state index is 11.3. The number of hydrogen-bond donors (Lipinski definition) is 1. The summed E-state index contributed by atoms with van der Waals surface area (Å²) in [6, 6.07) is 13.4. The smallest absolute Gasteiger partial charge is 0.335 e. The van der Waals surface area contributed by atoms with Crippen molar-refractivity contribution >= 4 is 39.7 Å². The third kappa shape index (κ3) is 2.55. The van der Waals surface area contributed by atoms with Gasteiger partial charge in [0.1, 0.15) is 0 Å². The largest absolute Gasteiger partial charge is 0.478 e. The Kier molecular flexibility index (Phi) is 3.77. The lowest BCUT2D eigenvalue weighted by molar-refractivity contribution is -0.383. The fourth-order valence-corrected chi connectivity index (χ4v) is 3.73. The topological polar surface area (TPSA) is 83.7 Å². The van der Waals surface area contributed by atoms with E-state index in [2.05, 4.69) is 0 Å². The van der Waals surface area contributed by atoms with Crippen LogP contribution >= 0.6 is 11.6 Å². The van der Waals surface area contributed by atoms with Crippen LogP contribution in [0.25, 0.3) is 10.8 Å². The number of carbonyl (C=O) groups is 1. The van der Waals surface area contributed by atoms with Crippen LogP contribution in [0.4, 0.5) is 11.4 Å². The van der Waals surface area contributed by atoms with E-state index in [9.17, 15) is 20.0 Å². The molecule has 0 unspecified atom stereocenters. The minimum atomic E-state index is -1.02. The highest BCUT2D eigenvalue weighted by Crippen LogP contribution is 2.38. The number of carboxylic acid groups (broad SMARTS) is 1. The molecule has 0 radical (unpaired) electrons. The molecule has 1 aliphatic heterocycles. The molecule has 0 aromatic heterocycles. The molecule has 4 rings (SSSR count). The lowest BCUT2D eigenvalue weighted by Gasteiger charge is -2.31. The number of anilines is 1. The average molecular weight is 369 g/mol. The maximum Gasteiger partial charge on any atom is 0.335 e. The normalized spacial score (nSPS) is 13.0. The van der Waals surface area contributed by atoms with Crippen LogP contribution in [-0.4, -0.2) is 16.0 Å². The molecule has 1 N–H and O–H groups in total. The minimum Gasteiger partial charge on any atom is -0.478 e. The molecule has 7 heteroatoms. The second kappa shape index (κ2) is 6.00. The molecule has 26 heavy (non-hydrogen) atoms. The number of halogens is 1. The molecule has 0 spiro atoms. The SMILES string of the molecule is O=C(O)c1ccc(Cl)c(N2Cc3cccc4c([N+](=O)[O-])ccc(c34)C2)c1. The van der Waals surface area contributed by atoms with Crippen molar-refractivity contribution in [3.63, 3.8) is 0 Å². The molecule has 0 bridgehead atoms. The van der Waals surface area contributed by atoms with Gasteiger partial charge in [0.25, 0.3) is 5.69 Å². The molecule has 0 amide bonds. The molecular weight excluding hydrogens is 356 g/mol. The van der Waals surface area contributed by atoms with Crippen LogP contribution in [0.3, 0.4) is 0 Å². The lowest BCUT2D eigenvalue weighted by atomic mass is 9.94. The Labute approximate surface area is 153 Å². The number of hydrogen-bond acceptors (Lipinski definition) is 4. The first-order valence-electron chi connectivity index (χ1n) is 7.91. The Morgan fingerprint density at radius 3 is 2.54 bits per heavy atom. The Morgan fingerprint density at radius 1 is 1.12 bits per heavy atom. The number of nitrogens with zero attached hydrogens (tertiary/aromatic N) is 2.